The molecule has 0 spiro atoms. The maximum absolute atomic E-state index is 11.4. The molecule has 1 aromatic rings. The number of thiophene rings is 1. The van der Waals surface area contributed by atoms with E-state index >= 15 is 0 Å². The van der Waals surface area contributed by atoms with Crippen LogP contribution in [-0.2, 0) is 11.3 Å². The molecule has 0 radical (unpaired) electrons. The fraction of sp³-hybridized carbons (Fsp3) is 0.400. The van der Waals surface area contributed by atoms with Crippen LogP contribution in [-0.4, -0.2) is 23.2 Å². The van der Waals surface area contributed by atoms with E-state index in [-0.39, 0.29) is 11.7 Å². The van der Waals surface area contributed by atoms with Crippen molar-refractivity contribution in [2.24, 2.45) is 5.73 Å². The molecule has 0 aromatic carbocycles. The molecular formula is C10H13N3OS. The minimum Gasteiger partial charge on any atom is -0.383 e. The molecule has 0 unspecified atom stereocenters. The van der Waals surface area contributed by atoms with Gasteiger partial charge in [-0.25, -0.2) is 0 Å². The van der Waals surface area contributed by atoms with Gasteiger partial charge in [-0.05, 0) is 23.4 Å². The quantitative estimate of drug-likeness (QED) is 0.596. The van der Waals surface area contributed by atoms with Gasteiger partial charge in [0, 0.05) is 19.5 Å². The number of nitrogens with two attached hydrogens (primary N) is 1. The first kappa shape index (κ1) is 10.2. The number of rotatable bonds is 3. The van der Waals surface area contributed by atoms with Gasteiger partial charge in [0.05, 0.1) is 4.88 Å². The molecule has 3 N–H and O–H groups in total. The Hall–Kier alpha value is -1.36. The molecule has 1 aromatic heterocycles. The zero-order chi connectivity index (χ0) is 10.8. The number of amides is 1. The van der Waals surface area contributed by atoms with Crippen molar-refractivity contribution >= 4 is 23.1 Å². The lowest BCUT2D eigenvalue weighted by molar-refractivity contribution is -0.128. The molecule has 2 heterocycles. The summed E-state index contributed by atoms with van der Waals surface area (Å²) in [4.78, 5) is 14.0. The summed E-state index contributed by atoms with van der Waals surface area (Å²) in [7, 11) is 0. The summed E-state index contributed by atoms with van der Waals surface area (Å²) in [5, 5.41) is 9.24. The molecular weight excluding hydrogens is 210 g/mol. The summed E-state index contributed by atoms with van der Waals surface area (Å²) < 4.78 is 0. The highest BCUT2D eigenvalue weighted by Crippen LogP contribution is 2.19. The van der Waals surface area contributed by atoms with Gasteiger partial charge in [-0.15, -0.1) is 11.3 Å². The van der Waals surface area contributed by atoms with Crippen LogP contribution in [0.2, 0.25) is 0 Å². The third-order valence-corrected chi connectivity index (χ3v) is 3.48. The van der Waals surface area contributed by atoms with Crippen molar-refractivity contribution in [3.63, 3.8) is 0 Å². The van der Waals surface area contributed by atoms with Crippen LogP contribution in [0.5, 0.6) is 0 Å². The number of nitrogens with one attached hydrogen (secondary N) is 1. The Morgan fingerprint density at radius 1 is 1.67 bits per heavy atom. The average Bonchev–Trinajstić information content (AvgIpc) is 2.77. The number of likely N-dealkylation sites (tertiary alicyclic amines) is 1. The molecule has 2 rings (SSSR count). The van der Waals surface area contributed by atoms with Gasteiger partial charge in [-0.1, -0.05) is 0 Å². The topological polar surface area (TPSA) is 70.2 Å². The fourth-order valence-electron chi connectivity index (χ4n) is 1.69. The molecule has 1 saturated heterocycles. The maximum atomic E-state index is 11.4. The Kier molecular flexibility index (Phi) is 2.73. The van der Waals surface area contributed by atoms with E-state index in [4.69, 9.17) is 11.1 Å². The van der Waals surface area contributed by atoms with Crippen molar-refractivity contribution in [2.45, 2.75) is 19.4 Å². The number of hydrogen-bond acceptors (Lipinski definition) is 3. The Morgan fingerprint density at radius 3 is 3.00 bits per heavy atom. The summed E-state index contributed by atoms with van der Waals surface area (Å²) in [5.74, 6) is 0.324. The van der Waals surface area contributed by atoms with E-state index in [1.807, 2.05) is 16.3 Å². The van der Waals surface area contributed by atoms with E-state index in [0.29, 0.717) is 13.0 Å². The molecule has 1 amide bonds. The standard InChI is InChI=1S/C10H13N3OS/c11-10(12)8-4-7(6-15-8)5-13-3-1-2-9(13)14/h4,6H,1-3,5H2,(H3,11,12). The summed E-state index contributed by atoms with van der Waals surface area (Å²) in [6.45, 7) is 1.51. The van der Waals surface area contributed by atoms with Gasteiger partial charge >= 0.3 is 0 Å². The van der Waals surface area contributed by atoms with Crippen molar-refractivity contribution in [2.75, 3.05) is 6.54 Å². The van der Waals surface area contributed by atoms with Crippen molar-refractivity contribution in [3.8, 4) is 0 Å². The van der Waals surface area contributed by atoms with Crippen molar-refractivity contribution < 1.29 is 4.79 Å². The van der Waals surface area contributed by atoms with E-state index in [2.05, 4.69) is 0 Å². The second-order valence-corrected chi connectivity index (χ2v) is 4.56. The van der Waals surface area contributed by atoms with Crippen LogP contribution in [0, 0.1) is 5.41 Å². The van der Waals surface area contributed by atoms with Gasteiger partial charge in [0.25, 0.3) is 0 Å². The normalized spacial score (nSPS) is 16.0. The first-order valence-corrected chi connectivity index (χ1v) is 5.74. The predicted octanol–water partition coefficient (Wildman–Crippen LogP) is 1.15. The molecule has 1 aliphatic rings. The van der Waals surface area contributed by atoms with Gasteiger partial charge in [0.1, 0.15) is 5.84 Å². The van der Waals surface area contributed by atoms with Crippen molar-refractivity contribution in [1.29, 1.82) is 5.41 Å². The monoisotopic (exact) mass is 223 g/mol. The predicted molar refractivity (Wildman–Crippen MR) is 60.0 cm³/mol. The van der Waals surface area contributed by atoms with Crippen LogP contribution in [0.3, 0.4) is 0 Å². The van der Waals surface area contributed by atoms with Crippen LogP contribution in [0.25, 0.3) is 0 Å². The smallest absolute Gasteiger partial charge is 0.222 e. The van der Waals surface area contributed by atoms with E-state index in [1.54, 1.807) is 0 Å². The summed E-state index contributed by atoms with van der Waals surface area (Å²) in [5.41, 5.74) is 6.45. The first-order valence-electron chi connectivity index (χ1n) is 4.86. The lowest BCUT2D eigenvalue weighted by atomic mass is 10.3. The highest BCUT2D eigenvalue weighted by atomic mass is 32.1. The van der Waals surface area contributed by atoms with Crippen molar-refractivity contribution in [3.05, 3.63) is 21.9 Å². The second kappa shape index (κ2) is 4.02. The minimum atomic E-state index is 0.0963. The van der Waals surface area contributed by atoms with Crippen LogP contribution in [0.1, 0.15) is 23.3 Å². The Balaban J connectivity index is 2.04. The number of carbonyl (C=O) groups is 1. The van der Waals surface area contributed by atoms with Gasteiger partial charge in [0.2, 0.25) is 5.91 Å². The fourth-order valence-corrected chi connectivity index (χ4v) is 2.46. The first-order chi connectivity index (χ1) is 7.16. The maximum Gasteiger partial charge on any atom is 0.222 e. The zero-order valence-corrected chi connectivity index (χ0v) is 9.14. The molecule has 0 atom stereocenters. The molecule has 4 nitrogen and oxygen atoms in total. The summed E-state index contributed by atoms with van der Waals surface area (Å²) in [6, 6.07) is 1.89. The minimum absolute atomic E-state index is 0.0963. The zero-order valence-electron chi connectivity index (χ0n) is 8.32. The summed E-state index contributed by atoms with van der Waals surface area (Å²) >= 11 is 1.45. The molecule has 0 aliphatic carbocycles. The molecule has 5 heteroatoms. The Bertz CT molecular complexity index is 399. The molecule has 0 bridgehead atoms. The Morgan fingerprint density at radius 2 is 2.47 bits per heavy atom. The number of nitrogens with zero attached hydrogens (tertiary/aromatic N) is 1. The largest absolute Gasteiger partial charge is 0.383 e. The highest BCUT2D eigenvalue weighted by Gasteiger charge is 2.20. The SMILES string of the molecule is N=C(N)c1cc(CN2CCCC2=O)cs1. The van der Waals surface area contributed by atoms with E-state index in [0.717, 1.165) is 23.4 Å². The Labute approximate surface area is 92.2 Å². The number of carbonyl (C=O) groups excluding carboxylic acids is 1. The molecule has 15 heavy (non-hydrogen) atoms. The molecule has 80 valence electrons. The third kappa shape index (κ3) is 2.18. The molecule has 0 saturated carbocycles. The van der Waals surface area contributed by atoms with Gasteiger partial charge in [-0.3, -0.25) is 10.2 Å². The second-order valence-electron chi connectivity index (χ2n) is 3.65. The lowest BCUT2D eigenvalue weighted by Gasteiger charge is -2.13. The average molecular weight is 223 g/mol. The third-order valence-electron chi connectivity index (χ3n) is 2.46. The van der Waals surface area contributed by atoms with Crippen molar-refractivity contribution in [1.82, 2.24) is 4.90 Å². The molecule has 1 aliphatic heterocycles. The van der Waals surface area contributed by atoms with E-state index in [1.165, 1.54) is 11.3 Å². The summed E-state index contributed by atoms with van der Waals surface area (Å²) in [6.07, 6.45) is 1.63. The molecule has 1 fully saturated rings. The number of nitrogen functional groups attached to an aromatic ring is 1. The number of amidine groups is 1. The van der Waals surface area contributed by atoms with E-state index in [9.17, 15) is 4.79 Å². The lowest BCUT2D eigenvalue weighted by Crippen LogP contribution is -2.23. The van der Waals surface area contributed by atoms with Gasteiger partial charge in [0.15, 0.2) is 0 Å². The number of hydrogen-bond donors (Lipinski definition) is 2. The van der Waals surface area contributed by atoms with E-state index < -0.39 is 0 Å². The van der Waals surface area contributed by atoms with Gasteiger partial charge in [-0.2, -0.15) is 0 Å². The van der Waals surface area contributed by atoms with Crippen LogP contribution >= 0.6 is 11.3 Å². The van der Waals surface area contributed by atoms with Crippen LogP contribution in [0.15, 0.2) is 11.4 Å². The van der Waals surface area contributed by atoms with Crippen LogP contribution < -0.4 is 5.73 Å². The highest BCUT2D eigenvalue weighted by molar-refractivity contribution is 7.12. The van der Waals surface area contributed by atoms with Crippen LogP contribution in [0.4, 0.5) is 0 Å². The van der Waals surface area contributed by atoms with Gasteiger partial charge < -0.3 is 10.6 Å².